The molecule has 118 valence electrons. The van der Waals surface area contributed by atoms with Crippen LogP contribution in [0.5, 0.6) is 5.75 Å². The highest BCUT2D eigenvalue weighted by molar-refractivity contribution is 5.83. The average Bonchev–Trinajstić information content (AvgIpc) is 2.54. The van der Waals surface area contributed by atoms with Gasteiger partial charge in [-0.25, -0.2) is 13.6 Å². The van der Waals surface area contributed by atoms with Gasteiger partial charge in [-0.05, 0) is 29.3 Å². The molecule has 0 heterocycles. The summed E-state index contributed by atoms with van der Waals surface area (Å²) < 4.78 is 37.3. The lowest BCUT2D eigenvalue weighted by atomic mass is 10.0. The van der Waals surface area contributed by atoms with Crippen LogP contribution in [-0.4, -0.2) is 12.4 Å². The molecule has 0 saturated heterocycles. The van der Waals surface area contributed by atoms with E-state index in [-0.39, 0.29) is 30.0 Å². The lowest BCUT2D eigenvalue weighted by Crippen LogP contribution is -2.04. The van der Waals surface area contributed by atoms with Crippen LogP contribution in [0.4, 0.5) is 8.78 Å². The van der Waals surface area contributed by atoms with E-state index in [9.17, 15) is 18.4 Å². The van der Waals surface area contributed by atoms with Crippen molar-refractivity contribution in [3.05, 3.63) is 66.3 Å². The van der Waals surface area contributed by atoms with E-state index >= 15 is 0 Å². The van der Waals surface area contributed by atoms with Crippen molar-refractivity contribution in [2.45, 2.75) is 6.61 Å². The van der Waals surface area contributed by atoms with Crippen LogP contribution in [-0.2, 0) is 20.9 Å². The Morgan fingerprint density at radius 1 is 1.13 bits per heavy atom. The molecule has 23 heavy (non-hydrogen) atoms. The Kier molecular flexibility index (Phi) is 5.19. The first-order valence-corrected chi connectivity index (χ1v) is 6.53. The number of hydrogen-bond donors (Lipinski definition) is 0. The maximum atomic E-state index is 14.1. The summed E-state index contributed by atoms with van der Waals surface area (Å²) in [6.07, 6.45) is 0.910. The molecule has 0 N–H and O–H groups in total. The molecule has 0 bridgehead atoms. The Hall–Kier alpha value is -3.02. The Morgan fingerprint density at radius 2 is 1.91 bits per heavy atom. The van der Waals surface area contributed by atoms with E-state index in [1.54, 1.807) is 6.07 Å². The van der Waals surface area contributed by atoms with E-state index in [4.69, 9.17) is 4.74 Å². The number of ether oxygens (including phenoxy) is 2. The first-order valence-electron chi connectivity index (χ1n) is 6.53. The minimum absolute atomic E-state index is 0.0501. The molecule has 2 aromatic rings. The van der Waals surface area contributed by atoms with E-state index in [1.165, 1.54) is 24.3 Å². The highest BCUT2D eigenvalue weighted by Crippen LogP contribution is 2.28. The van der Waals surface area contributed by atoms with Gasteiger partial charge in [0.2, 0.25) is 0 Å². The number of esters is 1. The molecular weight excluding hydrogens is 306 g/mol. The summed E-state index contributed by atoms with van der Waals surface area (Å²) in [5.41, 5.74) is 0.914. The molecule has 0 spiro atoms. The van der Waals surface area contributed by atoms with Gasteiger partial charge in [0.25, 0.3) is 6.47 Å². The topological polar surface area (TPSA) is 52.6 Å². The van der Waals surface area contributed by atoms with E-state index < -0.39 is 17.6 Å². The Labute approximate surface area is 131 Å². The van der Waals surface area contributed by atoms with Crippen molar-refractivity contribution in [2.75, 3.05) is 0 Å². The van der Waals surface area contributed by atoms with Crippen molar-refractivity contribution >= 4 is 12.4 Å². The Balaban J connectivity index is 2.28. The largest absolute Gasteiger partial charge is 0.463 e. The molecule has 2 rings (SSSR count). The van der Waals surface area contributed by atoms with E-state index in [0.717, 1.165) is 12.1 Å². The van der Waals surface area contributed by atoms with Crippen LogP contribution < -0.4 is 4.74 Å². The second kappa shape index (κ2) is 7.31. The van der Waals surface area contributed by atoms with Crippen molar-refractivity contribution in [2.24, 2.45) is 0 Å². The fraction of sp³-hybridized carbons (Fsp3) is 0.0588. The van der Waals surface area contributed by atoms with Gasteiger partial charge in [0.05, 0.1) is 0 Å². The molecule has 0 aromatic heterocycles. The molecule has 0 atom stereocenters. The Bertz CT molecular complexity index is 756. The van der Waals surface area contributed by atoms with Gasteiger partial charge in [-0.1, -0.05) is 24.8 Å². The summed E-state index contributed by atoms with van der Waals surface area (Å²) in [4.78, 5) is 21.2. The smallest absolute Gasteiger partial charge is 0.335 e. The highest BCUT2D eigenvalue weighted by atomic mass is 19.1. The lowest BCUT2D eigenvalue weighted by molar-refractivity contribution is -0.130. The zero-order valence-corrected chi connectivity index (χ0v) is 11.9. The summed E-state index contributed by atoms with van der Waals surface area (Å²) >= 11 is 0. The first-order chi connectivity index (χ1) is 11.0. The molecule has 0 aliphatic heterocycles. The standard InChI is InChI=1S/C17H12F2O4/c1-2-17(21)23-16-6-4-12(8-15(16)19)13-5-3-11(7-14(13)18)9-22-10-20/h2-8,10H,1,9H2. The first kappa shape index (κ1) is 16.4. The van der Waals surface area contributed by atoms with Crippen molar-refractivity contribution < 1.29 is 27.8 Å². The third kappa shape index (κ3) is 4.00. The van der Waals surface area contributed by atoms with E-state index in [0.29, 0.717) is 5.56 Å². The molecule has 0 aliphatic carbocycles. The van der Waals surface area contributed by atoms with E-state index in [2.05, 4.69) is 11.3 Å². The molecule has 0 unspecified atom stereocenters. The summed E-state index contributed by atoms with van der Waals surface area (Å²) in [6.45, 7) is 3.43. The van der Waals surface area contributed by atoms with Crippen LogP contribution in [0.15, 0.2) is 49.1 Å². The molecule has 0 fully saturated rings. The number of benzene rings is 2. The van der Waals surface area contributed by atoms with Crippen LogP contribution in [0.1, 0.15) is 5.56 Å². The zero-order chi connectivity index (χ0) is 16.8. The van der Waals surface area contributed by atoms with Gasteiger partial charge in [0.1, 0.15) is 12.4 Å². The summed E-state index contributed by atoms with van der Waals surface area (Å²) in [7, 11) is 0. The number of rotatable bonds is 6. The normalized spacial score (nSPS) is 10.0. The third-order valence-electron chi connectivity index (χ3n) is 2.97. The summed E-state index contributed by atoms with van der Waals surface area (Å²) in [6, 6.07) is 7.92. The number of carbonyl (C=O) groups excluding carboxylic acids is 2. The van der Waals surface area contributed by atoms with Crippen molar-refractivity contribution in [3.8, 4) is 16.9 Å². The minimum atomic E-state index is -0.800. The number of halogens is 2. The quantitative estimate of drug-likeness (QED) is 0.354. The zero-order valence-electron chi connectivity index (χ0n) is 11.9. The van der Waals surface area contributed by atoms with Gasteiger partial charge in [0, 0.05) is 11.6 Å². The SMILES string of the molecule is C=CC(=O)Oc1ccc(-c2ccc(COC=O)cc2F)cc1F. The Morgan fingerprint density at radius 3 is 2.52 bits per heavy atom. The second-order valence-corrected chi connectivity index (χ2v) is 4.49. The molecule has 4 nitrogen and oxygen atoms in total. The monoisotopic (exact) mass is 318 g/mol. The van der Waals surface area contributed by atoms with Crippen LogP contribution in [0, 0.1) is 11.6 Å². The third-order valence-corrected chi connectivity index (χ3v) is 2.97. The summed E-state index contributed by atoms with van der Waals surface area (Å²) in [5, 5.41) is 0. The highest BCUT2D eigenvalue weighted by Gasteiger charge is 2.12. The number of hydrogen-bond acceptors (Lipinski definition) is 4. The van der Waals surface area contributed by atoms with Crippen molar-refractivity contribution in [1.29, 1.82) is 0 Å². The summed E-state index contributed by atoms with van der Waals surface area (Å²) in [5.74, 6) is -2.45. The predicted octanol–water partition coefficient (Wildman–Crippen LogP) is 3.40. The molecule has 2 aromatic carbocycles. The molecule has 6 heteroatoms. The van der Waals surface area contributed by atoms with Gasteiger partial charge in [-0.3, -0.25) is 4.79 Å². The molecule has 0 amide bonds. The van der Waals surface area contributed by atoms with Crippen LogP contribution in [0.25, 0.3) is 11.1 Å². The number of carbonyl (C=O) groups is 2. The van der Waals surface area contributed by atoms with Crippen molar-refractivity contribution in [1.82, 2.24) is 0 Å². The molecule has 0 radical (unpaired) electrons. The van der Waals surface area contributed by atoms with Crippen LogP contribution >= 0.6 is 0 Å². The van der Waals surface area contributed by atoms with Gasteiger partial charge in [0.15, 0.2) is 11.6 Å². The second-order valence-electron chi connectivity index (χ2n) is 4.49. The lowest BCUT2D eigenvalue weighted by Gasteiger charge is -2.08. The van der Waals surface area contributed by atoms with Gasteiger partial charge >= 0.3 is 5.97 Å². The minimum Gasteiger partial charge on any atom is -0.463 e. The fourth-order valence-electron chi connectivity index (χ4n) is 1.91. The molecule has 0 saturated carbocycles. The predicted molar refractivity (Wildman–Crippen MR) is 78.5 cm³/mol. The maximum Gasteiger partial charge on any atom is 0.335 e. The van der Waals surface area contributed by atoms with Crippen LogP contribution in [0.2, 0.25) is 0 Å². The van der Waals surface area contributed by atoms with Crippen molar-refractivity contribution in [3.63, 3.8) is 0 Å². The maximum absolute atomic E-state index is 14.1. The van der Waals surface area contributed by atoms with Gasteiger partial charge in [-0.2, -0.15) is 0 Å². The fourth-order valence-corrected chi connectivity index (χ4v) is 1.91. The molecule has 0 aliphatic rings. The van der Waals surface area contributed by atoms with E-state index in [1.807, 2.05) is 0 Å². The van der Waals surface area contributed by atoms with Crippen LogP contribution in [0.3, 0.4) is 0 Å². The average molecular weight is 318 g/mol. The van der Waals surface area contributed by atoms with Gasteiger partial charge in [-0.15, -0.1) is 0 Å². The van der Waals surface area contributed by atoms with Gasteiger partial charge < -0.3 is 9.47 Å². The molecular formula is C17H12F2O4.